The second-order valence-electron chi connectivity index (χ2n) is 10.1. The molecule has 1 aliphatic carbocycles. The van der Waals surface area contributed by atoms with Crippen LogP contribution in [-0.2, 0) is 14.4 Å². The Bertz CT molecular complexity index is 929. The van der Waals surface area contributed by atoms with E-state index in [9.17, 15) is 19.5 Å². The maximum absolute atomic E-state index is 13.2. The number of hydrogen-bond donors (Lipinski definition) is 2. The fourth-order valence-electron chi connectivity index (χ4n) is 5.42. The minimum Gasteiger partial charge on any atom is -0.480 e. The van der Waals surface area contributed by atoms with Crippen molar-refractivity contribution in [3.63, 3.8) is 0 Å². The van der Waals surface area contributed by atoms with Crippen molar-refractivity contribution in [3.05, 3.63) is 29.8 Å². The molecule has 2 aliphatic heterocycles. The van der Waals surface area contributed by atoms with E-state index >= 15 is 0 Å². The smallest absolute Gasteiger partial charge is 0.327 e. The Morgan fingerprint density at radius 1 is 1.18 bits per heavy atom. The number of nitrogens with one attached hydrogen (secondary N) is 1. The van der Waals surface area contributed by atoms with E-state index in [-0.39, 0.29) is 22.4 Å². The van der Waals surface area contributed by atoms with Gasteiger partial charge in [-0.1, -0.05) is 38.3 Å². The molecule has 2 N–H and O–H groups in total. The fourth-order valence-corrected chi connectivity index (χ4v) is 8.02. The summed E-state index contributed by atoms with van der Waals surface area (Å²) >= 11 is 2.97. The molecule has 180 valence electrons. The lowest BCUT2D eigenvalue weighted by Crippen LogP contribution is -2.78. The molecule has 1 aromatic carbocycles. The lowest BCUT2D eigenvalue weighted by atomic mass is 9.84. The highest BCUT2D eigenvalue weighted by Gasteiger charge is 2.70. The van der Waals surface area contributed by atoms with Crippen LogP contribution < -0.4 is 5.32 Å². The van der Waals surface area contributed by atoms with Gasteiger partial charge >= 0.3 is 5.97 Å². The van der Waals surface area contributed by atoms with Gasteiger partial charge in [-0.15, -0.1) is 23.5 Å². The number of fused-ring (bicyclic) bond motifs is 1. The Labute approximate surface area is 204 Å². The second-order valence-corrected chi connectivity index (χ2v) is 13.1. The number of benzene rings is 1. The largest absolute Gasteiger partial charge is 0.480 e. The van der Waals surface area contributed by atoms with Crippen LogP contribution in [0.2, 0.25) is 0 Å². The zero-order chi connectivity index (χ0) is 24.0. The van der Waals surface area contributed by atoms with E-state index in [1.165, 1.54) is 66.1 Å². The molecule has 0 aromatic heterocycles. The Balaban J connectivity index is 1.41. The van der Waals surface area contributed by atoms with E-state index in [1.807, 2.05) is 20.8 Å². The molecular weight excluding hydrogens is 456 g/mol. The van der Waals surface area contributed by atoms with E-state index in [2.05, 4.69) is 29.6 Å². The normalized spacial score (nSPS) is 29.8. The molecule has 0 bridgehead atoms. The van der Waals surface area contributed by atoms with Gasteiger partial charge in [-0.2, -0.15) is 0 Å². The van der Waals surface area contributed by atoms with Gasteiger partial charge in [-0.25, -0.2) is 4.79 Å². The summed E-state index contributed by atoms with van der Waals surface area (Å²) < 4.78 is -0.617. The minimum atomic E-state index is -1.08. The van der Waals surface area contributed by atoms with Gasteiger partial charge in [-0.05, 0) is 63.6 Å². The first-order valence-corrected chi connectivity index (χ1v) is 13.7. The molecule has 3 fully saturated rings. The Kier molecular flexibility index (Phi) is 6.80. The van der Waals surface area contributed by atoms with Crippen LogP contribution in [0.3, 0.4) is 0 Å². The summed E-state index contributed by atoms with van der Waals surface area (Å²) in [6.07, 6.45) is 7.10. The quantitative estimate of drug-likeness (QED) is 0.428. The van der Waals surface area contributed by atoms with Gasteiger partial charge in [0.2, 0.25) is 5.91 Å². The van der Waals surface area contributed by atoms with Crippen molar-refractivity contribution in [3.8, 4) is 0 Å². The molecule has 1 saturated carbocycles. The zero-order valence-electron chi connectivity index (χ0n) is 19.8. The van der Waals surface area contributed by atoms with Gasteiger partial charge in [0, 0.05) is 9.64 Å². The predicted molar refractivity (Wildman–Crippen MR) is 132 cm³/mol. The monoisotopic (exact) mass is 490 g/mol. The van der Waals surface area contributed by atoms with Crippen LogP contribution in [0.25, 0.3) is 0 Å². The number of β-lactam (4-membered cyclic amide) rings is 1. The summed E-state index contributed by atoms with van der Waals surface area (Å²) in [6, 6.07) is 7.72. The van der Waals surface area contributed by atoms with Gasteiger partial charge in [-0.3, -0.25) is 9.59 Å². The summed E-state index contributed by atoms with van der Waals surface area (Å²) in [5.41, 5.74) is 0.306. The predicted octanol–water partition coefficient (Wildman–Crippen LogP) is 4.63. The van der Waals surface area contributed by atoms with Crippen molar-refractivity contribution in [2.75, 3.05) is 0 Å². The average molecular weight is 491 g/mol. The number of hydrogen-bond acceptors (Lipinski definition) is 5. The summed E-state index contributed by atoms with van der Waals surface area (Å²) in [6.45, 7) is 7.37. The summed E-state index contributed by atoms with van der Waals surface area (Å²) in [5.74, 6) is -0.844. The molecule has 33 heavy (non-hydrogen) atoms. The van der Waals surface area contributed by atoms with Gasteiger partial charge in [0.05, 0.1) is 5.25 Å². The van der Waals surface area contributed by atoms with Crippen molar-refractivity contribution in [2.24, 2.45) is 0 Å². The highest BCUT2D eigenvalue weighted by molar-refractivity contribution is 8.01. The van der Waals surface area contributed by atoms with Crippen molar-refractivity contribution >= 4 is 41.3 Å². The zero-order valence-corrected chi connectivity index (χ0v) is 21.4. The molecule has 4 atom stereocenters. The third-order valence-electron chi connectivity index (χ3n) is 7.29. The maximum atomic E-state index is 13.2. The topological polar surface area (TPSA) is 86.7 Å². The summed E-state index contributed by atoms with van der Waals surface area (Å²) in [4.78, 5) is 40.4. The first-order valence-electron chi connectivity index (χ1n) is 11.9. The lowest BCUT2D eigenvalue weighted by Gasteiger charge is -2.51. The van der Waals surface area contributed by atoms with Gasteiger partial charge in [0.1, 0.15) is 17.0 Å². The Hall–Kier alpha value is -1.67. The molecular formula is C25H34N2O4S2. The minimum absolute atomic E-state index is 0.175. The maximum Gasteiger partial charge on any atom is 0.327 e. The van der Waals surface area contributed by atoms with E-state index < -0.39 is 22.3 Å². The van der Waals surface area contributed by atoms with Gasteiger partial charge in [0.15, 0.2) is 0 Å². The molecule has 2 saturated heterocycles. The van der Waals surface area contributed by atoms with E-state index in [0.29, 0.717) is 12.3 Å². The highest BCUT2D eigenvalue weighted by atomic mass is 32.2. The van der Waals surface area contributed by atoms with Crippen LogP contribution in [0.5, 0.6) is 0 Å². The van der Waals surface area contributed by atoms with E-state index in [4.69, 9.17) is 0 Å². The molecule has 1 aromatic rings. The number of nitrogens with zero attached hydrogens (tertiary/aromatic N) is 1. The van der Waals surface area contributed by atoms with Crippen LogP contribution in [0.1, 0.15) is 77.7 Å². The number of carboxylic acids is 1. The number of rotatable bonds is 7. The molecule has 1 unspecified atom stereocenters. The molecule has 3 aliphatic rings. The molecule has 2 amide bonds. The molecule has 0 spiro atoms. The SMILES string of the molecule is CCC(Sc1ccc(C2CCCCC2)cc1)C(=O)N[C@@]1(C)C(=O)N2[C@@H](C(=O)O)C(C)(C)S[C@@H]21. The Morgan fingerprint density at radius 2 is 1.82 bits per heavy atom. The lowest BCUT2D eigenvalue weighted by molar-refractivity contribution is -0.167. The number of amides is 2. The standard InChI is InChI=1S/C25H34N2O4S2/c1-5-18(32-17-13-11-16(12-14-17)15-9-7-6-8-10-15)20(28)26-25(4)22(31)27-19(21(29)30)24(2,3)33-23(25)27/h11-15,18-19,23H,5-10H2,1-4H3,(H,26,28)(H,29,30)/t18?,19-,23+,25-/m0/s1. The Morgan fingerprint density at radius 3 is 2.39 bits per heavy atom. The third kappa shape index (κ3) is 4.41. The number of carbonyl (C=O) groups excluding carboxylic acids is 2. The number of thioether (sulfide) groups is 2. The second kappa shape index (κ2) is 9.17. The summed E-state index contributed by atoms with van der Waals surface area (Å²) in [5, 5.41) is 11.9. The van der Waals surface area contributed by atoms with Gasteiger partial charge in [0.25, 0.3) is 5.91 Å². The van der Waals surface area contributed by atoms with Crippen LogP contribution in [-0.4, -0.2) is 54.7 Å². The third-order valence-corrected chi connectivity index (χ3v) is 10.4. The molecule has 6 nitrogen and oxygen atoms in total. The molecule has 4 rings (SSSR count). The molecule has 2 heterocycles. The van der Waals surface area contributed by atoms with Crippen LogP contribution >= 0.6 is 23.5 Å². The fraction of sp³-hybridized carbons (Fsp3) is 0.640. The summed E-state index contributed by atoms with van der Waals surface area (Å²) in [7, 11) is 0. The van der Waals surface area contributed by atoms with Crippen LogP contribution in [0.4, 0.5) is 0 Å². The van der Waals surface area contributed by atoms with Crippen molar-refractivity contribution in [1.29, 1.82) is 0 Å². The van der Waals surface area contributed by atoms with Crippen LogP contribution in [0, 0.1) is 0 Å². The van der Waals surface area contributed by atoms with Crippen molar-refractivity contribution in [1.82, 2.24) is 10.2 Å². The number of carbonyl (C=O) groups is 3. The number of aliphatic carboxylic acids is 1. The molecule has 8 heteroatoms. The van der Waals surface area contributed by atoms with Crippen molar-refractivity contribution < 1.29 is 19.5 Å². The van der Waals surface area contributed by atoms with Gasteiger partial charge < -0.3 is 15.3 Å². The first-order chi connectivity index (χ1) is 15.6. The van der Waals surface area contributed by atoms with E-state index in [1.54, 1.807) is 6.92 Å². The van der Waals surface area contributed by atoms with Crippen molar-refractivity contribution in [2.45, 2.75) is 104 Å². The van der Waals surface area contributed by atoms with Crippen LogP contribution in [0.15, 0.2) is 29.2 Å². The van der Waals surface area contributed by atoms with E-state index in [0.717, 1.165) is 4.90 Å². The average Bonchev–Trinajstić information content (AvgIpc) is 3.07. The molecule has 0 radical (unpaired) electrons. The highest BCUT2D eigenvalue weighted by Crippen LogP contribution is 2.54. The first kappa shape index (κ1) is 24.5. The number of carboxylic acid groups (broad SMARTS) is 1.